The van der Waals surface area contributed by atoms with E-state index in [2.05, 4.69) is 39.3 Å². The third-order valence-electron chi connectivity index (χ3n) is 1.97. The second-order valence-corrected chi connectivity index (χ2v) is 4.47. The molecule has 0 spiro atoms. The van der Waals surface area contributed by atoms with E-state index in [9.17, 15) is 0 Å². The van der Waals surface area contributed by atoms with Crippen LogP contribution in [0.4, 0.5) is 0 Å². The van der Waals surface area contributed by atoms with Gasteiger partial charge in [0.05, 0.1) is 12.1 Å². The van der Waals surface area contributed by atoms with Gasteiger partial charge in [-0.1, -0.05) is 0 Å². The number of nitrogens with zero attached hydrogens (tertiary/aromatic N) is 2. The topological polar surface area (TPSA) is 27.1 Å². The zero-order valence-corrected chi connectivity index (χ0v) is 8.76. The fourth-order valence-electron chi connectivity index (χ4n) is 1.39. The highest BCUT2D eigenvalue weighted by Crippen LogP contribution is 2.23. The molecule has 2 rings (SSSR count). The molecule has 0 amide bonds. The van der Waals surface area contributed by atoms with Gasteiger partial charge in [0, 0.05) is 6.20 Å². The number of ether oxygens (including phenoxy) is 1. The lowest BCUT2D eigenvalue weighted by atomic mass is 10.1. The molecule has 0 atom stereocenters. The number of aromatic nitrogens is 2. The van der Waals surface area contributed by atoms with E-state index >= 15 is 0 Å². The Bertz CT molecular complexity index is 306. The normalized spacial score (nSPS) is 20.6. The van der Waals surface area contributed by atoms with Crippen LogP contribution in [-0.2, 0) is 17.9 Å². The molecule has 4 heteroatoms. The molecule has 1 aliphatic rings. The number of halogens is 1. The molecule has 0 unspecified atom stereocenters. The molecule has 0 bridgehead atoms. The van der Waals surface area contributed by atoms with Crippen LogP contribution in [0.25, 0.3) is 0 Å². The number of imidazole rings is 1. The van der Waals surface area contributed by atoms with Crippen molar-refractivity contribution in [3.8, 4) is 0 Å². The fourth-order valence-corrected chi connectivity index (χ4v) is 1.84. The van der Waals surface area contributed by atoms with Crippen LogP contribution >= 0.6 is 15.9 Å². The Morgan fingerprint density at radius 2 is 2.42 bits per heavy atom. The van der Waals surface area contributed by atoms with E-state index in [0.717, 1.165) is 17.0 Å². The first-order valence-corrected chi connectivity index (χ1v) is 4.72. The number of hydrogen-bond acceptors (Lipinski definition) is 2. The molecule has 0 aliphatic carbocycles. The van der Waals surface area contributed by atoms with Crippen molar-refractivity contribution >= 4 is 15.9 Å². The van der Waals surface area contributed by atoms with Gasteiger partial charge in [-0.2, -0.15) is 0 Å². The van der Waals surface area contributed by atoms with Crippen molar-refractivity contribution in [1.82, 2.24) is 9.55 Å². The van der Waals surface area contributed by atoms with E-state index < -0.39 is 0 Å². The number of fused-ring (bicyclic) bond motifs is 1. The predicted octanol–water partition coefficient (Wildman–Crippen LogP) is 1.95. The first-order chi connectivity index (χ1) is 5.57. The largest absolute Gasteiger partial charge is 0.366 e. The molecule has 1 aromatic heterocycles. The molecule has 0 fully saturated rings. The van der Waals surface area contributed by atoms with Crippen LogP contribution in [0, 0.1) is 0 Å². The first kappa shape index (κ1) is 8.26. The van der Waals surface area contributed by atoms with Gasteiger partial charge in [0.15, 0.2) is 0 Å². The third kappa shape index (κ3) is 1.41. The van der Waals surface area contributed by atoms with E-state index in [1.807, 2.05) is 6.20 Å². The van der Waals surface area contributed by atoms with Gasteiger partial charge in [-0.05, 0) is 29.8 Å². The zero-order valence-electron chi connectivity index (χ0n) is 7.17. The van der Waals surface area contributed by atoms with Crippen molar-refractivity contribution in [2.24, 2.45) is 0 Å². The maximum atomic E-state index is 5.60. The fraction of sp³-hybridized carbons (Fsp3) is 0.625. The van der Waals surface area contributed by atoms with E-state index in [1.54, 1.807) is 0 Å². The van der Waals surface area contributed by atoms with Crippen LogP contribution in [0.3, 0.4) is 0 Å². The van der Waals surface area contributed by atoms with Crippen LogP contribution in [-0.4, -0.2) is 15.2 Å². The van der Waals surface area contributed by atoms with E-state index in [0.29, 0.717) is 6.61 Å². The van der Waals surface area contributed by atoms with Crippen molar-refractivity contribution in [3.05, 3.63) is 16.6 Å². The Morgan fingerprint density at radius 3 is 3.17 bits per heavy atom. The average molecular weight is 231 g/mol. The summed E-state index contributed by atoms with van der Waals surface area (Å²) in [5.41, 5.74) is -0.0624. The summed E-state index contributed by atoms with van der Waals surface area (Å²) in [6, 6.07) is 0. The van der Waals surface area contributed by atoms with Crippen molar-refractivity contribution in [2.75, 3.05) is 0 Å². The lowest BCUT2D eigenvalue weighted by Gasteiger charge is -2.30. The van der Waals surface area contributed by atoms with Crippen molar-refractivity contribution in [3.63, 3.8) is 0 Å². The first-order valence-electron chi connectivity index (χ1n) is 3.92. The summed E-state index contributed by atoms with van der Waals surface area (Å²) in [4.78, 5) is 4.27. The monoisotopic (exact) mass is 230 g/mol. The maximum Gasteiger partial charge on any atom is 0.136 e. The quantitative estimate of drug-likeness (QED) is 0.682. The number of rotatable bonds is 0. The van der Waals surface area contributed by atoms with Gasteiger partial charge >= 0.3 is 0 Å². The van der Waals surface area contributed by atoms with Crippen molar-refractivity contribution in [1.29, 1.82) is 0 Å². The smallest absolute Gasteiger partial charge is 0.136 e. The summed E-state index contributed by atoms with van der Waals surface area (Å²) in [5.74, 6) is 1.00. The summed E-state index contributed by atoms with van der Waals surface area (Å²) in [7, 11) is 0. The molecule has 1 aromatic rings. The minimum Gasteiger partial charge on any atom is -0.366 e. The highest BCUT2D eigenvalue weighted by atomic mass is 79.9. The molecule has 1 aliphatic heterocycles. The Hall–Kier alpha value is -0.350. The third-order valence-corrected chi connectivity index (χ3v) is 2.35. The van der Waals surface area contributed by atoms with Gasteiger partial charge in [0.1, 0.15) is 17.0 Å². The average Bonchev–Trinajstić information content (AvgIpc) is 2.26. The van der Waals surface area contributed by atoms with Crippen molar-refractivity contribution in [2.45, 2.75) is 32.6 Å². The van der Waals surface area contributed by atoms with E-state index in [-0.39, 0.29) is 5.60 Å². The lowest BCUT2D eigenvalue weighted by molar-refractivity contribution is -0.0645. The molecule has 0 saturated carbocycles. The van der Waals surface area contributed by atoms with Gasteiger partial charge in [0.25, 0.3) is 0 Å². The van der Waals surface area contributed by atoms with Crippen LogP contribution in [0.2, 0.25) is 0 Å². The zero-order chi connectivity index (χ0) is 8.77. The van der Waals surface area contributed by atoms with Crippen LogP contribution < -0.4 is 0 Å². The summed E-state index contributed by atoms with van der Waals surface area (Å²) in [6.45, 7) is 5.66. The molecule has 0 radical (unpaired) electrons. The second-order valence-electron chi connectivity index (χ2n) is 3.66. The minimum absolute atomic E-state index is 0.0624. The molecule has 12 heavy (non-hydrogen) atoms. The Balaban J connectivity index is 2.34. The Kier molecular flexibility index (Phi) is 1.77. The molecule has 0 saturated heterocycles. The van der Waals surface area contributed by atoms with E-state index in [1.165, 1.54) is 0 Å². The Morgan fingerprint density at radius 1 is 1.67 bits per heavy atom. The summed E-state index contributed by atoms with van der Waals surface area (Å²) in [5, 5.41) is 0. The van der Waals surface area contributed by atoms with Crippen LogP contribution in [0.5, 0.6) is 0 Å². The van der Waals surface area contributed by atoms with Crippen molar-refractivity contribution < 1.29 is 4.74 Å². The second kappa shape index (κ2) is 2.57. The molecule has 0 aromatic carbocycles. The SMILES string of the molecule is CC1(C)Cn2cc(Br)nc2CO1. The molecule has 0 N–H and O–H groups in total. The van der Waals surface area contributed by atoms with Gasteiger partial charge in [-0.25, -0.2) is 4.98 Å². The molecular weight excluding hydrogens is 220 g/mol. The standard InChI is InChI=1S/C8H11BrN2O/c1-8(2)5-11-3-6(9)10-7(11)4-12-8/h3H,4-5H2,1-2H3. The summed E-state index contributed by atoms with van der Waals surface area (Å²) >= 11 is 3.34. The van der Waals surface area contributed by atoms with Gasteiger partial charge in [0.2, 0.25) is 0 Å². The summed E-state index contributed by atoms with van der Waals surface area (Å²) < 4.78 is 8.62. The number of hydrogen-bond donors (Lipinski definition) is 0. The van der Waals surface area contributed by atoms with Gasteiger partial charge in [-0.3, -0.25) is 0 Å². The van der Waals surface area contributed by atoms with Gasteiger partial charge < -0.3 is 9.30 Å². The molecule has 66 valence electrons. The predicted molar refractivity (Wildman–Crippen MR) is 48.8 cm³/mol. The molecular formula is C8H11BrN2O. The highest BCUT2D eigenvalue weighted by Gasteiger charge is 2.26. The van der Waals surface area contributed by atoms with Crippen LogP contribution in [0.15, 0.2) is 10.8 Å². The molecule has 3 nitrogen and oxygen atoms in total. The van der Waals surface area contributed by atoms with Gasteiger partial charge in [-0.15, -0.1) is 0 Å². The van der Waals surface area contributed by atoms with E-state index in [4.69, 9.17) is 4.74 Å². The summed E-state index contributed by atoms with van der Waals surface area (Å²) in [6.07, 6.45) is 2.00. The minimum atomic E-state index is -0.0624. The molecule has 2 heterocycles. The van der Waals surface area contributed by atoms with Crippen LogP contribution in [0.1, 0.15) is 19.7 Å². The Labute approximate surface area is 79.9 Å². The maximum absolute atomic E-state index is 5.60. The lowest BCUT2D eigenvalue weighted by Crippen LogP contribution is -2.35. The highest BCUT2D eigenvalue weighted by molar-refractivity contribution is 9.10.